The van der Waals surface area contributed by atoms with E-state index in [1.54, 1.807) is 18.2 Å². The van der Waals surface area contributed by atoms with E-state index in [0.29, 0.717) is 17.7 Å². The van der Waals surface area contributed by atoms with Crippen LogP contribution >= 0.6 is 0 Å². The van der Waals surface area contributed by atoms with Crippen molar-refractivity contribution >= 4 is 11.8 Å². The summed E-state index contributed by atoms with van der Waals surface area (Å²) in [6.07, 6.45) is 4.53. The van der Waals surface area contributed by atoms with E-state index < -0.39 is 5.91 Å². The number of rotatable bonds is 8. The molecule has 0 atom stereocenters. The van der Waals surface area contributed by atoms with Gasteiger partial charge in [-0.3, -0.25) is 9.59 Å². The van der Waals surface area contributed by atoms with Crippen molar-refractivity contribution < 1.29 is 9.59 Å². The zero-order valence-corrected chi connectivity index (χ0v) is 12.3. The van der Waals surface area contributed by atoms with Gasteiger partial charge in [-0.1, -0.05) is 39.2 Å². The number of carbonyl (C=O) groups is 2. The lowest BCUT2D eigenvalue weighted by atomic mass is 10.1. The summed E-state index contributed by atoms with van der Waals surface area (Å²) in [6, 6.07) is 6.47. The Labute approximate surface area is 120 Å². The highest BCUT2D eigenvalue weighted by molar-refractivity contribution is 5.99. The molecule has 0 radical (unpaired) electrons. The first-order chi connectivity index (χ1) is 9.50. The average molecular weight is 276 g/mol. The normalized spacial score (nSPS) is 10.6. The van der Waals surface area contributed by atoms with Crippen LogP contribution in [0.4, 0.5) is 0 Å². The average Bonchev–Trinajstić information content (AvgIpc) is 2.42. The zero-order valence-electron chi connectivity index (χ0n) is 12.3. The number of nitrogens with two attached hydrogens (primary N) is 1. The lowest BCUT2D eigenvalue weighted by Gasteiger charge is -2.07. The second-order valence-corrected chi connectivity index (χ2v) is 5.44. The highest BCUT2D eigenvalue weighted by Gasteiger charge is 2.07. The molecule has 0 heterocycles. The van der Waals surface area contributed by atoms with Gasteiger partial charge in [0, 0.05) is 17.7 Å². The largest absolute Gasteiger partial charge is 0.366 e. The van der Waals surface area contributed by atoms with Gasteiger partial charge < -0.3 is 11.1 Å². The van der Waals surface area contributed by atoms with Crippen LogP contribution in [0.3, 0.4) is 0 Å². The molecule has 0 aliphatic rings. The van der Waals surface area contributed by atoms with Crippen molar-refractivity contribution in [2.45, 2.75) is 39.5 Å². The zero-order chi connectivity index (χ0) is 15.0. The molecule has 0 aliphatic heterocycles. The molecular formula is C16H24N2O2. The first kappa shape index (κ1) is 16.2. The molecule has 0 saturated carbocycles. The van der Waals surface area contributed by atoms with Gasteiger partial charge in [0.15, 0.2) is 0 Å². The summed E-state index contributed by atoms with van der Waals surface area (Å²) in [5.41, 5.74) is 6.02. The summed E-state index contributed by atoms with van der Waals surface area (Å²) in [5.74, 6) is 0.0615. The molecule has 0 saturated heterocycles. The van der Waals surface area contributed by atoms with Crippen molar-refractivity contribution in [1.29, 1.82) is 0 Å². The SMILES string of the molecule is CC(C)CCCCCNC(=O)c1cccc(C(N)=O)c1. The van der Waals surface area contributed by atoms with Gasteiger partial charge in [0.25, 0.3) is 5.91 Å². The van der Waals surface area contributed by atoms with Crippen LogP contribution in [0.15, 0.2) is 24.3 Å². The van der Waals surface area contributed by atoms with Gasteiger partial charge in [0.1, 0.15) is 0 Å². The monoisotopic (exact) mass is 276 g/mol. The van der Waals surface area contributed by atoms with Crippen LogP contribution in [0.25, 0.3) is 0 Å². The third-order valence-corrected chi connectivity index (χ3v) is 3.15. The van der Waals surface area contributed by atoms with Gasteiger partial charge in [0.2, 0.25) is 5.91 Å². The minimum atomic E-state index is -0.520. The fourth-order valence-electron chi connectivity index (χ4n) is 1.97. The Morgan fingerprint density at radius 1 is 1.15 bits per heavy atom. The van der Waals surface area contributed by atoms with E-state index in [1.165, 1.54) is 18.9 Å². The van der Waals surface area contributed by atoms with E-state index in [1.807, 2.05) is 0 Å². The smallest absolute Gasteiger partial charge is 0.251 e. The van der Waals surface area contributed by atoms with Gasteiger partial charge in [-0.25, -0.2) is 0 Å². The second kappa shape index (κ2) is 8.35. The van der Waals surface area contributed by atoms with Crippen LogP contribution in [0, 0.1) is 5.92 Å². The number of carbonyl (C=O) groups excluding carboxylic acids is 2. The van der Waals surface area contributed by atoms with Crippen molar-refractivity contribution in [3.05, 3.63) is 35.4 Å². The summed E-state index contributed by atoms with van der Waals surface area (Å²) in [7, 11) is 0. The van der Waals surface area contributed by atoms with Gasteiger partial charge in [-0.2, -0.15) is 0 Å². The summed E-state index contributed by atoms with van der Waals surface area (Å²) in [6.45, 7) is 5.10. The predicted octanol–water partition coefficient (Wildman–Crippen LogP) is 2.73. The molecule has 4 nitrogen and oxygen atoms in total. The summed E-state index contributed by atoms with van der Waals surface area (Å²) in [4.78, 5) is 23.0. The van der Waals surface area contributed by atoms with Crippen LogP contribution < -0.4 is 11.1 Å². The Hall–Kier alpha value is -1.84. The van der Waals surface area contributed by atoms with E-state index in [0.717, 1.165) is 18.8 Å². The molecule has 1 aromatic rings. The maximum absolute atomic E-state index is 11.9. The number of primary amides is 1. The molecular weight excluding hydrogens is 252 g/mol. The van der Waals surface area contributed by atoms with Crippen molar-refractivity contribution in [2.24, 2.45) is 11.7 Å². The van der Waals surface area contributed by atoms with Crippen molar-refractivity contribution in [2.75, 3.05) is 6.54 Å². The van der Waals surface area contributed by atoms with Crippen LogP contribution in [0.2, 0.25) is 0 Å². The third kappa shape index (κ3) is 5.87. The van der Waals surface area contributed by atoms with Crippen molar-refractivity contribution in [1.82, 2.24) is 5.32 Å². The molecule has 110 valence electrons. The minimum Gasteiger partial charge on any atom is -0.366 e. The quantitative estimate of drug-likeness (QED) is 0.717. The molecule has 0 aliphatic carbocycles. The molecule has 0 bridgehead atoms. The molecule has 1 aromatic carbocycles. The number of benzene rings is 1. The van der Waals surface area contributed by atoms with E-state index >= 15 is 0 Å². The molecule has 4 heteroatoms. The van der Waals surface area contributed by atoms with Crippen molar-refractivity contribution in [3.63, 3.8) is 0 Å². The Bertz CT molecular complexity index is 456. The van der Waals surface area contributed by atoms with Crippen LogP contribution in [0.1, 0.15) is 60.2 Å². The Balaban J connectivity index is 2.32. The van der Waals surface area contributed by atoms with Crippen LogP contribution in [-0.4, -0.2) is 18.4 Å². The van der Waals surface area contributed by atoms with Crippen molar-refractivity contribution in [3.8, 4) is 0 Å². The molecule has 0 unspecified atom stereocenters. The van der Waals surface area contributed by atoms with E-state index in [4.69, 9.17) is 5.73 Å². The first-order valence-electron chi connectivity index (χ1n) is 7.18. The van der Waals surface area contributed by atoms with E-state index in [-0.39, 0.29) is 5.91 Å². The lowest BCUT2D eigenvalue weighted by Crippen LogP contribution is -2.25. The second-order valence-electron chi connectivity index (χ2n) is 5.44. The van der Waals surface area contributed by atoms with E-state index in [9.17, 15) is 9.59 Å². The molecule has 0 spiro atoms. The van der Waals surface area contributed by atoms with Crippen LogP contribution in [0.5, 0.6) is 0 Å². The topological polar surface area (TPSA) is 72.2 Å². The number of hydrogen-bond acceptors (Lipinski definition) is 2. The first-order valence-corrected chi connectivity index (χ1v) is 7.18. The van der Waals surface area contributed by atoms with E-state index in [2.05, 4.69) is 19.2 Å². The predicted molar refractivity (Wildman–Crippen MR) is 80.6 cm³/mol. The Morgan fingerprint density at radius 3 is 2.50 bits per heavy atom. The fourth-order valence-corrected chi connectivity index (χ4v) is 1.97. The molecule has 0 fully saturated rings. The highest BCUT2D eigenvalue weighted by atomic mass is 16.2. The minimum absolute atomic E-state index is 0.156. The molecule has 1 rings (SSSR count). The van der Waals surface area contributed by atoms with Gasteiger partial charge in [0.05, 0.1) is 0 Å². The molecule has 0 aromatic heterocycles. The number of hydrogen-bond donors (Lipinski definition) is 2. The summed E-state index contributed by atoms with van der Waals surface area (Å²) >= 11 is 0. The number of amides is 2. The maximum Gasteiger partial charge on any atom is 0.251 e. The van der Waals surface area contributed by atoms with Gasteiger partial charge in [-0.05, 0) is 30.5 Å². The van der Waals surface area contributed by atoms with Crippen LogP contribution in [-0.2, 0) is 0 Å². The third-order valence-electron chi connectivity index (χ3n) is 3.15. The fraction of sp³-hybridized carbons (Fsp3) is 0.500. The number of unbranched alkanes of at least 4 members (excludes halogenated alkanes) is 2. The molecule has 2 amide bonds. The molecule has 3 N–H and O–H groups in total. The number of nitrogens with one attached hydrogen (secondary N) is 1. The van der Waals surface area contributed by atoms with Gasteiger partial charge >= 0.3 is 0 Å². The standard InChI is InChI=1S/C16H24N2O2/c1-12(2)7-4-3-5-10-18-16(20)14-9-6-8-13(11-14)15(17)19/h6,8-9,11-12H,3-5,7,10H2,1-2H3,(H2,17,19)(H,18,20). The lowest BCUT2D eigenvalue weighted by molar-refractivity contribution is 0.0953. The molecule has 20 heavy (non-hydrogen) atoms. The Morgan fingerprint density at radius 2 is 1.85 bits per heavy atom. The van der Waals surface area contributed by atoms with Gasteiger partial charge in [-0.15, -0.1) is 0 Å². The highest BCUT2D eigenvalue weighted by Crippen LogP contribution is 2.08. The summed E-state index contributed by atoms with van der Waals surface area (Å²) < 4.78 is 0. The maximum atomic E-state index is 11.9. The summed E-state index contributed by atoms with van der Waals surface area (Å²) in [5, 5.41) is 2.86. The Kier molecular flexibility index (Phi) is 6.77.